The van der Waals surface area contributed by atoms with Gasteiger partial charge >= 0.3 is 0 Å². The number of hydrogen-bond acceptors (Lipinski definition) is 5. The molecule has 112 valence electrons. The van der Waals surface area contributed by atoms with Gasteiger partial charge in [0.25, 0.3) is 0 Å². The van der Waals surface area contributed by atoms with Crippen molar-refractivity contribution in [2.45, 2.75) is 37.8 Å². The third-order valence-corrected chi connectivity index (χ3v) is 4.24. The molecule has 5 nitrogen and oxygen atoms in total. The molecular formula is C14H17ClFN5. The van der Waals surface area contributed by atoms with Crippen molar-refractivity contribution < 1.29 is 4.39 Å². The third-order valence-electron chi connectivity index (χ3n) is 4.00. The van der Waals surface area contributed by atoms with Gasteiger partial charge < -0.3 is 11.5 Å². The fourth-order valence-corrected chi connectivity index (χ4v) is 3.29. The molecule has 21 heavy (non-hydrogen) atoms. The van der Waals surface area contributed by atoms with Crippen LogP contribution in [-0.4, -0.2) is 17.6 Å². The van der Waals surface area contributed by atoms with Gasteiger partial charge in [0.2, 0.25) is 11.9 Å². The topological polar surface area (TPSA) is 80.0 Å². The van der Waals surface area contributed by atoms with Gasteiger partial charge in [-0.15, -0.1) is 0 Å². The number of halogens is 2. The SMILES string of the molecule is NC1=NC2(CCCCC2)N(c2cc(Cl)ccc2F)C(N)=N1. The Labute approximate surface area is 127 Å². The smallest absolute Gasteiger partial charge is 0.220 e. The van der Waals surface area contributed by atoms with E-state index in [2.05, 4.69) is 9.98 Å². The minimum atomic E-state index is -0.653. The lowest BCUT2D eigenvalue weighted by Crippen LogP contribution is -2.58. The second-order valence-corrected chi connectivity index (χ2v) is 5.85. The average Bonchev–Trinajstić information content (AvgIpc) is 2.42. The van der Waals surface area contributed by atoms with Gasteiger partial charge in [-0.3, -0.25) is 4.90 Å². The van der Waals surface area contributed by atoms with Crippen molar-refractivity contribution in [2.75, 3.05) is 4.90 Å². The molecule has 1 aromatic rings. The number of rotatable bonds is 1. The first-order chi connectivity index (χ1) is 10.0. The maximum atomic E-state index is 14.3. The van der Waals surface area contributed by atoms with E-state index in [-0.39, 0.29) is 11.9 Å². The third kappa shape index (κ3) is 2.44. The minimum Gasteiger partial charge on any atom is -0.369 e. The van der Waals surface area contributed by atoms with Crippen LogP contribution >= 0.6 is 11.6 Å². The molecule has 1 spiro atoms. The molecule has 1 aliphatic carbocycles. The lowest BCUT2D eigenvalue weighted by atomic mass is 9.87. The molecule has 0 radical (unpaired) electrons. The first-order valence-corrected chi connectivity index (χ1v) is 7.34. The van der Waals surface area contributed by atoms with Crippen LogP contribution in [-0.2, 0) is 0 Å². The molecule has 0 unspecified atom stereocenters. The summed E-state index contributed by atoms with van der Waals surface area (Å²) in [6.45, 7) is 0. The van der Waals surface area contributed by atoms with Gasteiger partial charge in [-0.1, -0.05) is 18.0 Å². The van der Waals surface area contributed by atoms with Gasteiger partial charge in [-0.05, 0) is 43.9 Å². The number of nitrogens with two attached hydrogens (primary N) is 2. The molecule has 2 aliphatic rings. The molecule has 0 atom stereocenters. The van der Waals surface area contributed by atoms with E-state index in [9.17, 15) is 4.39 Å². The quantitative estimate of drug-likeness (QED) is 0.836. The van der Waals surface area contributed by atoms with E-state index < -0.39 is 11.5 Å². The van der Waals surface area contributed by atoms with Gasteiger partial charge in [-0.25, -0.2) is 9.38 Å². The van der Waals surface area contributed by atoms with Crippen LogP contribution in [0.3, 0.4) is 0 Å². The molecule has 0 amide bonds. The summed E-state index contributed by atoms with van der Waals surface area (Å²) in [4.78, 5) is 10.1. The van der Waals surface area contributed by atoms with Crippen molar-refractivity contribution in [3.8, 4) is 0 Å². The van der Waals surface area contributed by atoms with E-state index in [4.69, 9.17) is 23.1 Å². The van der Waals surface area contributed by atoms with Gasteiger partial charge in [0, 0.05) is 5.02 Å². The zero-order valence-corrected chi connectivity index (χ0v) is 12.3. The van der Waals surface area contributed by atoms with Crippen molar-refractivity contribution in [1.29, 1.82) is 0 Å². The molecule has 1 aliphatic heterocycles. The highest BCUT2D eigenvalue weighted by molar-refractivity contribution is 6.31. The Balaban J connectivity index is 2.13. The van der Waals surface area contributed by atoms with Crippen molar-refractivity contribution in [2.24, 2.45) is 21.5 Å². The van der Waals surface area contributed by atoms with Crippen LogP contribution < -0.4 is 16.4 Å². The highest BCUT2D eigenvalue weighted by Crippen LogP contribution is 2.40. The average molecular weight is 310 g/mol. The summed E-state index contributed by atoms with van der Waals surface area (Å²) in [5.74, 6) is -0.100. The summed E-state index contributed by atoms with van der Waals surface area (Å²) in [7, 11) is 0. The first kappa shape index (κ1) is 14.1. The number of hydrogen-bond donors (Lipinski definition) is 2. The second kappa shape index (κ2) is 5.18. The zero-order valence-electron chi connectivity index (χ0n) is 11.5. The number of guanidine groups is 2. The van der Waals surface area contributed by atoms with E-state index >= 15 is 0 Å². The van der Waals surface area contributed by atoms with Gasteiger partial charge in [0.1, 0.15) is 11.5 Å². The highest BCUT2D eigenvalue weighted by atomic mass is 35.5. The van der Waals surface area contributed by atoms with Gasteiger partial charge in [0.15, 0.2) is 0 Å². The summed E-state index contributed by atoms with van der Waals surface area (Å²) in [5, 5.41) is 0.438. The summed E-state index contributed by atoms with van der Waals surface area (Å²) in [5.41, 5.74) is 11.4. The second-order valence-electron chi connectivity index (χ2n) is 5.41. The van der Waals surface area contributed by atoms with Gasteiger partial charge in [-0.2, -0.15) is 4.99 Å². The summed E-state index contributed by atoms with van der Waals surface area (Å²) < 4.78 is 14.3. The summed E-state index contributed by atoms with van der Waals surface area (Å²) in [6.07, 6.45) is 4.62. The Kier molecular flexibility index (Phi) is 3.49. The zero-order chi connectivity index (χ0) is 15.0. The predicted molar refractivity (Wildman–Crippen MR) is 82.9 cm³/mol. The van der Waals surface area contributed by atoms with Crippen LogP contribution in [0, 0.1) is 5.82 Å². The van der Waals surface area contributed by atoms with E-state index in [1.165, 1.54) is 12.1 Å². The molecule has 1 fully saturated rings. The molecule has 7 heteroatoms. The van der Waals surface area contributed by atoms with Crippen LogP contribution in [0.15, 0.2) is 28.2 Å². The molecule has 1 heterocycles. The van der Waals surface area contributed by atoms with E-state index in [1.54, 1.807) is 11.0 Å². The molecule has 0 saturated heterocycles. The van der Waals surface area contributed by atoms with Crippen LogP contribution in [0.1, 0.15) is 32.1 Å². The highest BCUT2D eigenvalue weighted by Gasteiger charge is 2.43. The van der Waals surface area contributed by atoms with Crippen LogP contribution in [0.2, 0.25) is 5.02 Å². The van der Waals surface area contributed by atoms with E-state index in [0.29, 0.717) is 10.7 Å². The number of aliphatic imine (C=N–C) groups is 2. The summed E-state index contributed by atoms with van der Waals surface area (Å²) >= 11 is 6.01. The van der Waals surface area contributed by atoms with Crippen molar-refractivity contribution >= 4 is 29.2 Å². The minimum absolute atomic E-state index is 0.146. The molecule has 1 saturated carbocycles. The standard InChI is InChI=1S/C14H17ClFN5/c15-9-4-5-10(16)11(8-9)21-13(18)19-12(17)20-14(21)6-2-1-3-7-14/h4-5,8H,1-3,6-7H2,(H4,17,18,19,20). The molecular weight excluding hydrogens is 293 g/mol. The monoisotopic (exact) mass is 309 g/mol. The predicted octanol–water partition coefficient (Wildman–Crippen LogP) is 2.59. The Morgan fingerprint density at radius 1 is 1.19 bits per heavy atom. The number of anilines is 1. The Bertz CT molecular complexity index is 622. The van der Waals surface area contributed by atoms with Crippen molar-refractivity contribution in [3.63, 3.8) is 0 Å². The van der Waals surface area contributed by atoms with E-state index in [0.717, 1.165) is 32.1 Å². The Morgan fingerprint density at radius 2 is 1.90 bits per heavy atom. The van der Waals surface area contributed by atoms with Crippen LogP contribution in [0.5, 0.6) is 0 Å². The maximum Gasteiger partial charge on any atom is 0.220 e. The lowest BCUT2D eigenvalue weighted by Gasteiger charge is -2.45. The fraction of sp³-hybridized carbons (Fsp3) is 0.429. The Morgan fingerprint density at radius 3 is 2.62 bits per heavy atom. The molecule has 4 N–H and O–H groups in total. The van der Waals surface area contributed by atoms with Gasteiger partial charge in [0.05, 0.1) is 5.69 Å². The first-order valence-electron chi connectivity index (χ1n) is 6.97. The largest absolute Gasteiger partial charge is 0.369 e. The number of benzene rings is 1. The summed E-state index contributed by atoms with van der Waals surface area (Å²) in [6, 6.07) is 4.37. The lowest BCUT2D eigenvalue weighted by molar-refractivity contribution is 0.304. The molecule has 3 rings (SSSR count). The Hall–Kier alpha value is -1.82. The number of nitrogens with zero attached hydrogens (tertiary/aromatic N) is 3. The normalized spacial score (nSPS) is 21.1. The molecule has 1 aromatic carbocycles. The molecule has 0 aromatic heterocycles. The van der Waals surface area contributed by atoms with E-state index in [1.807, 2.05) is 0 Å². The fourth-order valence-electron chi connectivity index (χ4n) is 3.13. The van der Waals surface area contributed by atoms with Crippen LogP contribution in [0.4, 0.5) is 10.1 Å². The van der Waals surface area contributed by atoms with Crippen LogP contribution in [0.25, 0.3) is 0 Å². The maximum absolute atomic E-state index is 14.3. The molecule has 0 bridgehead atoms. The van der Waals surface area contributed by atoms with Crippen molar-refractivity contribution in [3.05, 3.63) is 29.0 Å². The van der Waals surface area contributed by atoms with Crippen molar-refractivity contribution in [1.82, 2.24) is 0 Å².